The van der Waals surface area contributed by atoms with Crippen molar-refractivity contribution in [1.29, 1.82) is 0 Å². The fourth-order valence-corrected chi connectivity index (χ4v) is 1.57. The van der Waals surface area contributed by atoms with Crippen molar-refractivity contribution < 1.29 is 4.39 Å². The molecular formula is C11H14ClFN2. The molecule has 1 aromatic carbocycles. The maximum atomic E-state index is 13.1. The Bertz CT molecular complexity index is 426. The van der Waals surface area contributed by atoms with Crippen LogP contribution in [0.25, 0.3) is 11.0 Å². The molecule has 0 aliphatic heterocycles. The van der Waals surface area contributed by atoms with E-state index in [1.807, 2.05) is 0 Å². The molecule has 0 fully saturated rings. The molecule has 0 bridgehead atoms. The predicted molar refractivity (Wildman–Crippen MR) is 61.8 cm³/mol. The van der Waals surface area contributed by atoms with Gasteiger partial charge in [-0.3, -0.25) is 0 Å². The van der Waals surface area contributed by atoms with Gasteiger partial charge in [0.15, 0.2) is 0 Å². The van der Waals surface area contributed by atoms with Crippen LogP contribution in [0.5, 0.6) is 0 Å². The number of rotatable bonds is 2. The third kappa shape index (κ3) is 2.29. The van der Waals surface area contributed by atoms with E-state index in [1.165, 1.54) is 6.07 Å². The zero-order chi connectivity index (χ0) is 10.1. The molecule has 2 aromatic rings. The number of aromatic nitrogens is 2. The lowest BCUT2D eigenvalue weighted by molar-refractivity contribution is 0.630. The van der Waals surface area contributed by atoms with E-state index in [4.69, 9.17) is 11.6 Å². The molecule has 0 saturated carbocycles. The molecule has 2 nitrogen and oxygen atoms in total. The molecule has 15 heavy (non-hydrogen) atoms. The fraction of sp³-hybridized carbons (Fsp3) is 0.364. The highest BCUT2D eigenvalue weighted by Gasteiger charge is 2.06. The molecule has 1 heterocycles. The van der Waals surface area contributed by atoms with Gasteiger partial charge in [0.2, 0.25) is 0 Å². The Morgan fingerprint density at radius 3 is 2.87 bits per heavy atom. The molecule has 2 rings (SSSR count). The average Bonchev–Trinajstić information content (AvgIpc) is 2.48. The van der Waals surface area contributed by atoms with Gasteiger partial charge in [-0.05, 0) is 12.5 Å². The Morgan fingerprint density at radius 1 is 1.47 bits per heavy atom. The summed E-state index contributed by atoms with van der Waals surface area (Å²) in [6.07, 6.45) is 1.88. The van der Waals surface area contributed by atoms with Gasteiger partial charge in [0.25, 0.3) is 0 Å². The number of benzene rings is 1. The highest BCUT2D eigenvalue weighted by molar-refractivity contribution is 6.31. The minimum atomic E-state index is -0.411. The van der Waals surface area contributed by atoms with Gasteiger partial charge in [0.05, 0.1) is 16.1 Å². The monoisotopic (exact) mass is 228 g/mol. The molecule has 0 unspecified atom stereocenters. The number of fused-ring (bicyclic) bond motifs is 1. The summed E-state index contributed by atoms with van der Waals surface area (Å²) in [4.78, 5) is 7.35. The highest BCUT2D eigenvalue weighted by atomic mass is 35.5. The van der Waals surface area contributed by atoms with Gasteiger partial charge >= 0.3 is 0 Å². The maximum Gasteiger partial charge on any atom is 0.144 e. The van der Waals surface area contributed by atoms with Crippen molar-refractivity contribution in [2.24, 2.45) is 0 Å². The molecular weight excluding hydrogens is 215 g/mol. The summed E-state index contributed by atoms with van der Waals surface area (Å²) in [6, 6.07) is 2.92. The number of hydrogen-bond acceptors (Lipinski definition) is 1. The summed E-state index contributed by atoms with van der Waals surface area (Å²) in [5.41, 5.74) is 1.43. The highest BCUT2D eigenvalue weighted by Crippen LogP contribution is 2.21. The summed E-state index contributed by atoms with van der Waals surface area (Å²) in [5, 5.41) is 0.118. The molecule has 0 radical (unpaired) electrons. The summed E-state index contributed by atoms with van der Waals surface area (Å²) in [6.45, 7) is 2.07. The third-order valence-corrected chi connectivity index (χ3v) is 2.35. The van der Waals surface area contributed by atoms with E-state index in [1.54, 1.807) is 6.07 Å². The molecule has 82 valence electrons. The van der Waals surface area contributed by atoms with Crippen LogP contribution in [0.3, 0.4) is 0 Å². The zero-order valence-electron chi connectivity index (χ0n) is 7.77. The number of imidazole rings is 1. The normalized spacial score (nSPS) is 10.3. The second-order valence-electron chi connectivity index (χ2n) is 3.22. The summed E-state index contributed by atoms with van der Waals surface area (Å²) < 4.78 is 13.1. The number of aromatic amines is 1. The van der Waals surface area contributed by atoms with Crippen LogP contribution in [0.4, 0.5) is 4.39 Å². The molecule has 0 aliphatic carbocycles. The number of halogens is 2. The van der Waals surface area contributed by atoms with E-state index in [0.717, 1.165) is 24.2 Å². The van der Waals surface area contributed by atoms with Crippen molar-refractivity contribution in [3.8, 4) is 0 Å². The van der Waals surface area contributed by atoms with E-state index < -0.39 is 5.82 Å². The number of nitrogens with zero attached hydrogens (tertiary/aromatic N) is 1. The van der Waals surface area contributed by atoms with Crippen LogP contribution in [-0.2, 0) is 6.42 Å². The van der Waals surface area contributed by atoms with E-state index in [2.05, 4.69) is 16.9 Å². The number of hydrogen-bond donors (Lipinski definition) is 1. The van der Waals surface area contributed by atoms with Gasteiger partial charge in [0, 0.05) is 12.5 Å². The predicted octanol–water partition coefficient (Wildman–Crippen LogP) is 3.94. The van der Waals surface area contributed by atoms with E-state index >= 15 is 0 Å². The molecule has 0 aliphatic rings. The van der Waals surface area contributed by atoms with E-state index in [-0.39, 0.29) is 12.4 Å². The molecule has 0 atom stereocenters. The lowest BCUT2D eigenvalue weighted by Gasteiger charge is -1.91. The zero-order valence-corrected chi connectivity index (χ0v) is 8.53. The topological polar surface area (TPSA) is 28.7 Å². The summed E-state index contributed by atoms with van der Waals surface area (Å²) in [7, 11) is 0. The van der Waals surface area contributed by atoms with Crippen LogP contribution in [-0.4, -0.2) is 9.97 Å². The van der Waals surface area contributed by atoms with Crippen LogP contribution in [0.1, 0.15) is 26.6 Å². The lowest BCUT2D eigenvalue weighted by atomic mass is 10.3. The molecule has 0 saturated heterocycles. The van der Waals surface area contributed by atoms with E-state index in [9.17, 15) is 4.39 Å². The van der Waals surface area contributed by atoms with Gasteiger partial charge in [-0.1, -0.05) is 26.0 Å². The average molecular weight is 229 g/mol. The Balaban J connectivity index is 0.00000112. The van der Waals surface area contributed by atoms with Crippen molar-refractivity contribution >= 4 is 22.6 Å². The second-order valence-corrected chi connectivity index (χ2v) is 3.62. The molecule has 0 amide bonds. The maximum absolute atomic E-state index is 13.1. The fourth-order valence-electron chi connectivity index (χ4n) is 1.41. The van der Waals surface area contributed by atoms with Crippen LogP contribution in [0, 0.1) is 5.82 Å². The molecule has 1 N–H and O–H groups in total. The van der Waals surface area contributed by atoms with Crippen LogP contribution < -0.4 is 0 Å². The lowest BCUT2D eigenvalue weighted by Crippen LogP contribution is -1.83. The second kappa shape index (κ2) is 4.62. The summed E-state index contributed by atoms with van der Waals surface area (Å²) in [5.74, 6) is 0.468. The van der Waals surface area contributed by atoms with Crippen molar-refractivity contribution in [3.05, 3.63) is 28.8 Å². The molecule has 0 spiro atoms. The quantitative estimate of drug-likeness (QED) is 0.829. The van der Waals surface area contributed by atoms with Crippen molar-refractivity contribution in [3.63, 3.8) is 0 Å². The standard InChI is InChI=1S/C10H10ClFN2.CH4/c1-2-3-10-13-8-4-6(11)7(12)5-9(8)14-10;/h4-5H,2-3H2,1H3,(H,13,14);1H4. The minimum Gasteiger partial charge on any atom is -0.342 e. The van der Waals surface area contributed by atoms with Gasteiger partial charge in [-0.2, -0.15) is 0 Å². The molecule has 4 heteroatoms. The van der Waals surface area contributed by atoms with Gasteiger partial charge in [-0.25, -0.2) is 9.37 Å². The van der Waals surface area contributed by atoms with Crippen LogP contribution in [0.15, 0.2) is 12.1 Å². The smallest absolute Gasteiger partial charge is 0.144 e. The Hall–Kier alpha value is -1.09. The third-order valence-electron chi connectivity index (χ3n) is 2.06. The Labute approximate surface area is 93.5 Å². The van der Waals surface area contributed by atoms with Gasteiger partial charge in [-0.15, -0.1) is 0 Å². The summed E-state index contributed by atoms with van der Waals surface area (Å²) >= 11 is 5.65. The Kier molecular flexibility index (Phi) is 3.69. The van der Waals surface area contributed by atoms with Crippen molar-refractivity contribution in [1.82, 2.24) is 9.97 Å². The largest absolute Gasteiger partial charge is 0.342 e. The first kappa shape index (κ1) is 12.0. The first-order chi connectivity index (χ1) is 6.70. The van der Waals surface area contributed by atoms with Gasteiger partial charge < -0.3 is 4.98 Å². The van der Waals surface area contributed by atoms with Crippen molar-refractivity contribution in [2.75, 3.05) is 0 Å². The van der Waals surface area contributed by atoms with Gasteiger partial charge in [0.1, 0.15) is 11.6 Å². The first-order valence-electron chi connectivity index (χ1n) is 4.54. The Morgan fingerprint density at radius 2 is 2.20 bits per heavy atom. The SMILES string of the molecule is C.CCCc1nc2cc(Cl)c(F)cc2[nH]1. The van der Waals surface area contributed by atoms with E-state index in [0.29, 0.717) is 5.52 Å². The minimum absolute atomic E-state index is 0. The number of H-pyrrole nitrogens is 1. The first-order valence-corrected chi connectivity index (χ1v) is 4.92. The van der Waals surface area contributed by atoms with Crippen LogP contribution in [0.2, 0.25) is 5.02 Å². The van der Waals surface area contributed by atoms with Crippen LogP contribution >= 0.6 is 11.6 Å². The molecule has 1 aromatic heterocycles. The number of nitrogens with one attached hydrogen (secondary N) is 1. The van der Waals surface area contributed by atoms with Crippen molar-refractivity contribution in [2.45, 2.75) is 27.2 Å². The number of aryl methyl sites for hydroxylation is 1.